The second-order valence-electron chi connectivity index (χ2n) is 6.50. The van der Waals surface area contributed by atoms with Crippen molar-refractivity contribution in [3.8, 4) is 0 Å². The van der Waals surface area contributed by atoms with Gasteiger partial charge in [0.25, 0.3) is 0 Å². The fourth-order valence-electron chi connectivity index (χ4n) is 3.64. The van der Waals surface area contributed by atoms with Gasteiger partial charge in [-0.2, -0.15) is 0 Å². The number of nitrogens with one attached hydrogen (secondary N) is 1. The van der Waals surface area contributed by atoms with Gasteiger partial charge in [0.15, 0.2) is 5.82 Å². The Morgan fingerprint density at radius 1 is 1.38 bits per heavy atom. The molecule has 2 aromatic heterocycles. The van der Waals surface area contributed by atoms with Gasteiger partial charge in [-0.3, -0.25) is 4.90 Å². The molecule has 128 valence electrons. The van der Waals surface area contributed by atoms with E-state index in [1.165, 1.54) is 12.4 Å². The predicted molar refractivity (Wildman–Crippen MR) is 89.3 cm³/mol. The van der Waals surface area contributed by atoms with Crippen LogP contribution in [0.25, 0.3) is 0 Å². The second kappa shape index (κ2) is 6.70. The molecule has 6 nitrogen and oxygen atoms in total. The van der Waals surface area contributed by atoms with Crippen molar-refractivity contribution in [2.24, 2.45) is 0 Å². The molecule has 2 aliphatic rings. The minimum absolute atomic E-state index is 0.104. The summed E-state index contributed by atoms with van der Waals surface area (Å²) in [5, 5.41) is 6.43. The van der Waals surface area contributed by atoms with Crippen molar-refractivity contribution in [1.29, 1.82) is 0 Å². The second-order valence-corrected chi connectivity index (χ2v) is 7.48. The first-order valence-corrected chi connectivity index (χ1v) is 9.08. The zero-order valence-corrected chi connectivity index (χ0v) is 14.1. The van der Waals surface area contributed by atoms with Crippen LogP contribution in [0, 0.1) is 5.82 Å². The molecular formula is C16H20FN5OS. The number of piperidine rings is 1. The Hall–Kier alpha value is -1.64. The average Bonchev–Trinajstić information content (AvgIpc) is 3.21. The van der Waals surface area contributed by atoms with Crippen LogP contribution < -0.4 is 5.32 Å². The van der Waals surface area contributed by atoms with Crippen LogP contribution in [0.2, 0.25) is 0 Å². The maximum Gasteiger partial charge on any atom is 0.223 e. The highest BCUT2D eigenvalue weighted by Crippen LogP contribution is 2.36. The van der Waals surface area contributed by atoms with E-state index in [0.717, 1.165) is 43.9 Å². The van der Waals surface area contributed by atoms with Crippen molar-refractivity contribution < 1.29 is 9.13 Å². The van der Waals surface area contributed by atoms with E-state index in [0.29, 0.717) is 12.6 Å². The fraction of sp³-hybridized carbons (Fsp3) is 0.562. The summed E-state index contributed by atoms with van der Waals surface area (Å²) in [6.45, 7) is 3.53. The zero-order valence-electron chi connectivity index (χ0n) is 13.3. The molecular weight excluding hydrogens is 329 g/mol. The van der Waals surface area contributed by atoms with Gasteiger partial charge in [0.2, 0.25) is 5.95 Å². The van der Waals surface area contributed by atoms with Crippen molar-refractivity contribution in [3.05, 3.63) is 34.8 Å². The number of hydrogen-bond acceptors (Lipinski definition) is 7. The third kappa shape index (κ3) is 3.55. The van der Waals surface area contributed by atoms with Gasteiger partial charge in [-0.1, -0.05) is 0 Å². The van der Waals surface area contributed by atoms with Gasteiger partial charge in [-0.15, -0.1) is 11.3 Å². The third-order valence-corrected chi connectivity index (χ3v) is 5.39. The molecule has 0 amide bonds. The van der Waals surface area contributed by atoms with Crippen LogP contribution in [-0.2, 0) is 11.3 Å². The van der Waals surface area contributed by atoms with Gasteiger partial charge < -0.3 is 10.1 Å². The lowest BCUT2D eigenvalue weighted by Crippen LogP contribution is -2.47. The number of ether oxygens (including phenoxy) is 1. The van der Waals surface area contributed by atoms with Crippen LogP contribution in [0.3, 0.4) is 0 Å². The summed E-state index contributed by atoms with van der Waals surface area (Å²) in [4.78, 5) is 14.7. The Kier molecular flexibility index (Phi) is 4.43. The molecule has 4 heterocycles. The molecule has 1 N–H and O–H groups in total. The molecule has 2 aliphatic heterocycles. The molecule has 2 fully saturated rings. The Morgan fingerprint density at radius 3 is 3.04 bits per heavy atom. The van der Waals surface area contributed by atoms with Crippen LogP contribution >= 0.6 is 11.3 Å². The number of hydrogen-bond donors (Lipinski definition) is 1. The summed E-state index contributed by atoms with van der Waals surface area (Å²) in [7, 11) is 0. The van der Waals surface area contributed by atoms with E-state index >= 15 is 0 Å². The van der Waals surface area contributed by atoms with Crippen molar-refractivity contribution in [2.45, 2.75) is 37.5 Å². The van der Waals surface area contributed by atoms with Crippen molar-refractivity contribution in [3.63, 3.8) is 0 Å². The van der Waals surface area contributed by atoms with Crippen molar-refractivity contribution >= 4 is 17.3 Å². The number of thiazole rings is 1. The number of nitrogens with zero attached hydrogens (tertiary/aromatic N) is 4. The minimum atomic E-state index is -0.426. The van der Waals surface area contributed by atoms with E-state index < -0.39 is 5.82 Å². The number of halogens is 1. The zero-order chi connectivity index (χ0) is 16.4. The fourth-order valence-corrected chi connectivity index (χ4v) is 4.30. The molecule has 0 aromatic carbocycles. The summed E-state index contributed by atoms with van der Waals surface area (Å²) in [5.74, 6) is 0.0299. The Balaban J connectivity index is 1.36. The van der Waals surface area contributed by atoms with Crippen LogP contribution in [0.15, 0.2) is 24.0 Å². The predicted octanol–water partition coefficient (Wildman–Crippen LogP) is 2.31. The molecule has 1 spiro atoms. The van der Waals surface area contributed by atoms with Crippen LogP contribution in [0.5, 0.6) is 0 Å². The Bertz CT molecular complexity index is 668. The minimum Gasteiger partial charge on any atom is -0.371 e. The van der Waals surface area contributed by atoms with E-state index in [1.54, 1.807) is 11.3 Å². The van der Waals surface area contributed by atoms with E-state index in [2.05, 4.69) is 25.2 Å². The first kappa shape index (κ1) is 15.9. The highest BCUT2D eigenvalue weighted by Gasteiger charge is 2.43. The largest absolute Gasteiger partial charge is 0.371 e. The molecule has 2 atom stereocenters. The normalized spacial score (nSPS) is 27.6. The molecule has 0 saturated carbocycles. The number of aromatic nitrogens is 3. The molecule has 4 rings (SSSR count). The van der Waals surface area contributed by atoms with Crippen LogP contribution in [0.4, 0.5) is 10.3 Å². The lowest BCUT2D eigenvalue weighted by atomic mass is 9.88. The summed E-state index contributed by atoms with van der Waals surface area (Å²) < 4.78 is 19.1. The standard InChI is InChI=1S/C16H20FN5OS/c17-12-7-19-15(20-8-12)21-13-6-16(23-10-13)2-1-4-22(11-16)9-14-18-3-5-24-14/h3,5,7-8,13H,1-2,4,6,9-11H2,(H,19,20,21)/t13-,16-/m0/s1. The molecule has 2 aromatic rings. The summed E-state index contributed by atoms with van der Waals surface area (Å²) >= 11 is 1.70. The molecule has 0 unspecified atom stereocenters. The Labute approximate surface area is 144 Å². The van der Waals surface area contributed by atoms with Gasteiger partial charge in [-0.25, -0.2) is 19.3 Å². The highest BCUT2D eigenvalue weighted by atomic mass is 32.1. The topological polar surface area (TPSA) is 63.2 Å². The maximum atomic E-state index is 12.9. The van der Waals surface area contributed by atoms with E-state index in [1.807, 2.05) is 11.6 Å². The summed E-state index contributed by atoms with van der Waals surface area (Å²) in [5.41, 5.74) is -0.104. The van der Waals surface area contributed by atoms with Gasteiger partial charge in [0, 0.05) is 24.5 Å². The van der Waals surface area contributed by atoms with Gasteiger partial charge in [-0.05, 0) is 19.4 Å². The summed E-state index contributed by atoms with van der Waals surface area (Å²) in [6, 6.07) is 0.162. The SMILES string of the molecule is Fc1cnc(N[C@@H]2CO[C@@]3(CCCN(Cc4nccs4)C3)C2)nc1. The smallest absolute Gasteiger partial charge is 0.223 e. The van der Waals surface area contributed by atoms with E-state index in [9.17, 15) is 4.39 Å². The van der Waals surface area contributed by atoms with E-state index in [4.69, 9.17) is 4.74 Å². The lowest BCUT2D eigenvalue weighted by Gasteiger charge is -2.39. The lowest BCUT2D eigenvalue weighted by molar-refractivity contribution is -0.0533. The molecule has 0 aliphatic carbocycles. The van der Waals surface area contributed by atoms with E-state index in [-0.39, 0.29) is 11.6 Å². The van der Waals surface area contributed by atoms with Crippen LogP contribution in [0.1, 0.15) is 24.3 Å². The molecule has 0 bridgehead atoms. The van der Waals surface area contributed by atoms with Gasteiger partial charge in [0.05, 0.1) is 37.2 Å². The Morgan fingerprint density at radius 2 is 2.25 bits per heavy atom. The van der Waals surface area contributed by atoms with Gasteiger partial charge >= 0.3 is 0 Å². The third-order valence-electron chi connectivity index (χ3n) is 4.62. The first-order chi connectivity index (χ1) is 11.7. The first-order valence-electron chi connectivity index (χ1n) is 8.20. The molecule has 0 radical (unpaired) electrons. The van der Waals surface area contributed by atoms with Crippen molar-refractivity contribution in [1.82, 2.24) is 19.9 Å². The maximum absolute atomic E-state index is 12.9. The molecule has 2 saturated heterocycles. The number of likely N-dealkylation sites (tertiary alicyclic amines) is 1. The number of anilines is 1. The molecule has 24 heavy (non-hydrogen) atoms. The average molecular weight is 349 g/mol. The van der Waals surface area contributed by atoms with Crippen LogP contribution in [-0.4, -0.2) is 51.2 Å². The molecule has 8 heteroatoms. The summed E-state index contributed by atoms with van der Waals surface area (Å²) in [6.07, 6.45) is 7.33. The quantitative estimate of drug-likeness (QED) is 0.914. The van der Waals surface area contributed by atoms with Crippen molar-refractivity contribution in [2.75, 3.05) is 25.0 Å². The highest BCUT2D eigenvalue weighted by molar-refractivity contribution is 7.09. The number of rotatable bonds is 4. The monoisotopic (exact) mass is 349 g/mol. The van der Waals surface area contributed by atoms with Gasteiger partial charge in [0.1, 0.15) is 5.01 Å².